The van der Waals surface area contributed by atoms with E-state index in [0.29, 0.717) is 12.4 Å². The Labute approximate surface area is 146 Å². The molecule has 0 amide bonds. The molecule has 24 heavy (non-hydrogen) atoms. The lowest BCUT2D eigenvalue weighted by Gasteiger charge is -2.26. The smallest absolute Gasteiger partial charge is 0.243 e. The van der Waals surface area contributed by atoms with Gasteiger partial charge in [-0.05, 0) is 32.8 Å². The number of aromatic nitrogens is 3. The molecular formula is C15H21N5O2S2. The Bertz CT molecular complexity index is 847. The fraction of sp³-hybridized carbons (Fsp3) is 0.533. The molecule has 0 spiro atoms. The van der Waals surface area contributed by atoms with E-state index in [1.807, 2.05) is 26.1 Å². The van der Waals surface area contributed by atoms with Gasteiger partial charge in [-0.1, -0.05) is 0 Å². The van der Waals surface area contributed by atoms with E-state index in [1.165, 1.54) is 8.61 Å². The third kappa shape index (κ3) is 3.21. The van der Waals surface area contributed by atoms with Crippen LogP contribution in [0.4, 0.5) is 0 Å². The second kappa shape index (κ2) is 6.47. The van der Waals surface area contributed by atoms with E-state index in [-0.39, 0.29) is 6.04 Å². The van der Waals surface area contributed by atoms with Crippen molar-refractivity contribution in [3.63, 3.8) is 0 Å². The fourth-order valence-electron chi connectivity index (χ4n) is 2.81. The van der Waals surface area contributed by atoms with Crippen LogP contribution in [0, 0.1) is 13.8 Å². The maximum atomic E-state index is 12.5. The summed E-state index contributed by atoms with van der Waals surface area (Å²) >= 11 is 1.57. The van der Waals surface area contributed by atoms with Gasteiger partial charge in [0, 0.05) is 37.4 Å². The number of rotatable bonds is 4. The molecule has 0 N–H and O–H groups in total. The Morgan fingerprint density at radius 1 is 1.29 bits per heavy atom. The van der Waals surface area contributed by atoms with E-state index in [0.717, 1.165) is 34.1 Å². The van der Waals surface area contributed by atoms with Crippen LogP contribution in [0.25, 0.3) is 10.7 Å². The molecule has 0 aromatic carbocycles. The minimum Gasteiger partial charge on any atom is -0.243 e. The van der Waals surface area contributed by atoms with Crippen molar-refractivity contribution in [1.82, 2.24) is 23.6 Å². The van der Waals surface area contributed by atoms with Crippen LogP contribution in [-0.2, 0) is 10.2 Å². The van der Waals surface area contributed by atoms with Crippen molar-refractivity contribution in [2.75, 3.05) is 20.6 Å². The van der Waals surface area contributed by atoms with Crippen LogP contribution >= 0.6 is 11.3 Å². The molecule has 3 rings (SSSR count). The standard InChI is InChI=1S/C15H21N5O2S2/c1-10-8-12(15-16-9-11(2)23-15)18-14(17-10)13-6-5-7-20(13)24(21,22)19(3)4/h8-9,13H,5-7H2,1-4H3/t13-/m1/s1. The van der Waals surface area contributed by atoms with Crippen molar-refractivity contribution in [3.05, 3.63) is 28.7 Å². The molecular weight excluding hydrogens is 346 g/mol. The summed E-state index contributed by atoms with van der Waals surface area (Å²) in [4.78, 5) is 14.6. The van der Waals surface area contributed by atoms with Gasteiger partial charge in [-0.15, -0.1) is 11.3 Å². The summed E-state index contributed by atoms with van der Waals surface area (Å²) in [6, 6.07) is 1.57. The first kappa shape index (κ1) is 17.4. The van der Waals surface area contributed by atoms with Crippen molar-refractivity contribution >= 4 is 21.5 Å². The SMILES string of the molecule is Cc1cc(-c2ncc(C)s2)nc([C@H]2CCCN2S(=O)(=O)N(C)C)n1. The van der Waals surface area contributed by atoms with E-state index >= 15 is 0 Å². The molecule has 0 radical (unpaired) electrons. The van der Waals surface area contributed by atoms with Gasteiger partial charge in [-0.2, -0.15) is 17.0 Å². The van der Waals surface area contributed by atoms with Gasteiger partial charge in [-0.3, -0.25) is 0 Å². The topological polar surface area (TPSA) is 79.3 Å². The van der Waals surface area contributed by atoms with E-state index in [4.69, 9.17) is 0 Å². The van der Waals surface area contributed by atoms with E-state index in [9.17, 15) is 8.42 Å². The second-order valence-corrected chi connectivity index (χ2v) is 9.42. The number of hydrogen-bond acceptors (Lipinski definition) is 6. The molecule has 1 fully saturated rings. The van der Waals surface area contributed by atoms with E-state index < -0.39 is 10.2 Å². The predicted octanol–water partition coefficient (Wildman–Crippen LogP) is 2.16. The van der Waals surface area contributed by atoms with E-state index in [1.54, 1.807) is 25.4 Å². The highest BCUT2D eigenvalue weighted by Gasteiger charge is 2.38. The maximum Gasteiger partial charge on any atom is 0.282 e. The number of thiazole rings is 1. The highest BCUT2D eigenvalue weighted by molar-refractivity contribution is 7.86. The van der Waals surface area contributed by atoms with Gasteiger partial charge in [0.1, 0.15) is 16.5 Å². The van der Waals surface area contributed by atoms with Crippen LogP contribution < -0.4 is 0 Å². The van der Waals surface area contributed by atoms with Gasteiger partial charge in [0.2, 0.25) is 0 Å². The first-order valence-corrected chi connectivity index (χ1v) is 9.98. The van der Waals surface area contributed by atoms with Crippen molar-refractivity contribution in [1.29, 1.82) is 0 Å². The van der Waals surface area contributed by atoms with Crippen LogP contribution in [0.5, 0.6) is 0 Å². The Morgan fingerprint density at radius 2 is 2.04 bits per heavy atom. The van der Waals surface area contributed by atoms with Gasteiger partial charge in [0.05, 0.1) is 6.04 Å². The number of hydrogen-bond donors (Lipinski definition) is 0. The molecule has 9 heteroatoms. The fourth-order valence-corrected chi connectivity index (χ4v) is 4.83. The monoisotopic (exact) mass is 367 g/mol. The first-order chi connectivity index (χ1) is 11.3. The van der Waals surface area contributed by atoms with Gasteiger partial charge in [0.25, 0.3) is 10.2 Å². The van der Waals surface area contributed by atoms with Crippen molar-refractivity contribution in [3.8, 4) is 10.7 Å². The normalized spacial score (nSPS) is 19.3. The zero-order chi connectivity index (χ0) is 17.5. The molecule has 1 atom stereocenters. The van der Waals surface area contributed by atoms with Crippen LogP contribution in [0.3, 0.4) is 0 Å². The predicted molar refractivity (Wildman–Crippen MR) is 93.9 cm³/mol. The Morgan fingerprint density at radius 3 is 2.67 bits per heavy atom. The van der Waals surface area contributed by atoms with Crippen molar-refractivity contribution < 1.29 is 8.42 Å². The molecule has 7 nitrogen and oxygen atoms in total. The lowest BCUT2D eigenvalue weighted by Crippen LogP contribution is -2.40. The lowest BCUT2D eigenvalue weighted by atomic mass is 10.2. The van der Waals surface area contributed by atoms with Crippen LogP contribution in [-0.4, -0.2) is 52.6 Å². The molecule has 1 aliphatic heterocycles. The van der Waals surface area contributed by atoms with Gasteiger partial charge < -0.3 is 0 Å². The molecule has 0 aliphatic carbocycles. The highest BCUT2D eigenvalue weighted by atomic mass is 32.2. The summed E-state index contributed by atoms with van der Waals surface area (Å²) in [6.45, 7) is 4.39. The summed E-state index contributed by atoms with van der Waals surface area (Å²) in [7, 11) is -0.392. The quantitative estimate of drug-likeness (QED) is 0.827. The molecule has 3 heterocycles. The van der Waals surface area contributed by atoms with Gasteiger partial charge in [-0.25, -0.2) is 15.0 Å². The summed E-state index contributed by atoms with van der Waals surface area (Å²) in [5.41, 5.74) is 1.57. The van der Waals surface area contributed by atoms with Crippen LogP contribution in [0.2, 0.25) is 0 Å². The second-order valence-electron chi connectivity index (χ2n) is 6.09. The largest absolute Gasteiger partial charge is 0.282 e. The molecule has 0 unspecified atom stereocenters. The Kier molecular flexibility index (Phi) is 4.69. The van der Waals surface area contributed by atoms with Gasteiger partial charge >= 0.3 is 0 Å². The van der Waals surface area contributed by atoms with Crippen LogP contribution in [0.1, 0.15) is 35.3 Å². The highest BCUT2D eigenvalue weighted by Crippen LogP contribution is 2.34. The lowest BCUT2D eigenvalue weighted by molar-refractivity contribution is 0.352. The van der Waals surface area contributed by atoms with Gasteiger partial charge in [0.15, 0.2) is 0 Å². The average Bonchev–Trinajstić information content (AvgIpc) is 3.15. The Hall–Kier alpha value is -1.42. The third-order valence-electron chi connectivity index (χ3n) is 3.97. The Balaban J connectivity index is 2.01. The molecule has 2 aromatic heterocycles. The summed E-state index contributed by atoms with van der Waals surface area (Å²) in [5, 5.41) is 0.833. The first-order valence-electron chi connectivity index (χ1n) is 7.76. The molecule has 130 valence electrons. The summed E-state index contributed by atoms with van der Waals surface area (Å²) in [6.07, 6.45) is 3.35. The molecule has 1 aliphatic rings. The third-order valence-corrected chi connectivity index (χ3v) is 6.86. The van der Waals surface area contributed by atoms with Crippen molar-refractivity contribution in [2.45, 2.75) is 32.7 Å². The average molecular weight is 368 g/mol. The van der Waals surface area contributed by atoms with Crippen LogP contribution in [0.15, 0.2) is 12.3 Å². The summed E-state index contributed by atoms with van der Waals surface area (Å²) < 4.78 is 27.8. The zero-order valence-corrected chi connectivity index (χ0v) is 15.9. The van der Waals surface area contributed by atoms with E-state index in [2.05, 4.69) is 15.0 Å². The number of nitrogens with zero attached hydrogens (tertiary/aromatic N) is 5. The number of aryl methyl sites for hydroxylation is 2. The molecule has 2 aromatic rings. The zero-order valence-electron chi connectivity index (χ0n) is 14.2. The maximum absolute atomic E-state index is 12.5. The summed E-state index contributed by atoms with van der Waals surface area (Å²) in [5.74, 6) is 0.556. The molecule has 0 bridgehead atoms. The minimum absolute atomic E-state index is 0.322. The molecule has 1 saturated heterocycles. The van der Waals surface area contributed by atoms with Crippen molar-refractivity contribution in [2.24, 2.45) is 0 Å². The molecule has 0 saturated carbocycles. The minimum atomic E-state index is -3.49.